The Labute approximate surface area is 89.0 Å². The summed E-state index contributed by atoms with van der Waals surface area (Å²) in [4.78, 5) is 4.06. The van der Waals surface area contributed by atoms with E-state index in [1.165, 1.54) is 17.4 Å². The van der Waals surface area contributed by atoms with Crippen molar-refractivity contribution >= 4 is 33.2 Å². The van der Waals surface area contributed by atoms with Gasteiger partial charge in [0, 0.05) is 13.0 Å². The lowest BCUT2D eigenvalue weighted by molar-refractivity contribution is 0.299. The molecular formula is C9H7ClFNOS. The summed E-state index contributed by atoms with van der Waals surface area (Å²) >= 11 is 6.99. The van der Waals surface area contributed by atoms with E-state index in [4.69, 9.17) is 16.7 Å². The molecular weight excluding hydrogens is 225 g/mol. The van der Waals surface area contributed by atoms with E-state index in [0.29, 0.717) is 11.9 Å². The fraction of sp³-hybridized carbons (Fsp3) is 0.222. The first-order valence-corrected chi connectivity index (χ1v) is 5.26. The summed E-state index contributed by atoms with van der Waals surface area (Å²) in [6, 6.07) is 3.25. The number of hydrogen-bond acceptors (Lipinski definition) is 3. The molecule has 0 atom stereocenters. The molecule has 0 spiro atoms. The molecule has 2 aromatic rings. The molecule has 1 aromatic carbocycles. The maximum Gasteiger partial charge on any atom is 0.168 e. The Morgan fingerprint density at radius 1 is 1.50 bits per heavy atom. The summed E-state index contributed by atoms with van der Waals surface area (Å²) in [5, 5.41) is 9.52. The second-order valence-corrected chi connectivity index (χ2v) is 4.31. The predicted octanol–water partition coefficient (Wildman–Crippen LogP) is 2.62. The van der Waals surface area contributed by atoms with Crippen LogP contribution in [0.25, 0.3) is 10.2 Å². The van der Waals surface area contributed by atoms with E-state index in [-0.39, 0.29) is 11.6 Å². The van der Waals surface area contributed by atoms with Crippen LogP contribution < -0.4 is 0 Å². The normalized spacial score (nSPS) is 11.1. The third-order valence-corrected chi connectivity index (χ3v) is 3.19. The monoisotopic (exact) mass is 231 g/mol. The predicted molar refractivity (Wildman–Crippen MR) is 55.4 cm³/mol. The Hall–Kier alpha value is -0.710. The van der Waals surface area contributed by atoms with Crippen molar-refractivity contribution in [2.24, 2.45) is 0 Å². The molecule has 0 fully saturated rings. The van der Waals surface area contributed by atoms with Gasteiger partial charge in [-0.3, -0.25) is 0 Å². The third kappa shape index (κ3) is 1.61. The van der Waals surface area contributed by atoms with Gasteiger partial charge in [-0.2, -0.15) is 0 Å². The first-order chi connectivity index (χ1) is 6.72. The van der Waals surface area contributed by atoms with Crippen LogP contribution in [0.4, 0.5) is 4.39 Å². The van der Waals surface area contributed by atoms with E-state index in [1.54, 1.807) is 6.07 Å². The van der Waals surface area contributed by atoms with Crippen LogP contribution in [0.1, 0.15) is 5.01 Å². The second kappa shape index (κ2) is 3.81. The number of aliphatic hydroxyl groups excluding tert-OH is 1. The molecule has 0 unspecified atom stereocenters. The number of benzene rings is 1. The van der Waals surface area contributed by atoms with E-state index in [2.05, 4.69) is 4.98 Å². The zero-order valence-electron chi connectivity index (χ0n) is 7.13. The van der Waals surface area contributed by atoms with Crippen molar-refractivity contribution in [1.29, 1.82) is 0 Å². The van der Waals surface area contributed by atoms with Crippen LogP contribution in [0.3, 0.4) is 0 Å². The van der Waals surface area contributed by atoms with Gasteiger partial charge in [-0.1, -0.05) is 11.6 Å². The lowest BCUT2D eigenvalue weighted by atomic mass is 10.3. The SMILES string of the molecule is OCCc1nc2c(F)c(Cl)ccc2s1. The number of fused-ring (bicyclic) bond motifs is 1. The van der Waals surface area contributed by atoms with Gasteiger partial charge >= 0.3 is 0 Å². The average Bonchev–Trinajstić information content (AvgIpc) is 2.56. The fourth-order valence-corrected chi connectivity index (χ4v) is 2.29. The van der Waals surface area contributed by atoms with Gasteiger partial charge in [0.15, 0.2) is 5.82 Å². The quantitative estimate of drug-likeness (QED) is 0.862. The Balaban J connectivity index is 2.59. The van der Waals surface area contributed by atoms with Gasteiger partial charge < -0.3 is 5.11 Å². The zero-order chi connectivity index (χ0) is 10.1. The first kappa shape index (κ1) is 9.83. The van der Waals surface area contributed by atoms with Gasteiger partial charge in [-0.25, -0.2) is 9.37 Å². The van der Waals surface area contributed by atoms with Gasteiger partial charge in [-0.05, 0) is 12.1 Å². The Bertz CT molecular complexity index is 471. The van der Waals surface area contributed by atoms with Crippen molar-refractivity contribution in [2.75, 3.05) is 6.61 Å². The van der Waals surface area contributed by atoms with E-state index < -0.39 is 5.82 Å². The number of hydrogen-bond donors (Lipinski definition) is 1. The highest BCUT2D eigenvalue weighted by Gasteiger charge is 2.10. The molecule has 74 valence electrons. The number of thiazole rings is 1. The summed E-state index contributed by atoms with van der Waals surface area (Å²) in [6.45, 7) is 0.0230. The van der Waals surface area contributed by atoms with E-state index in [9.17, 15) is 4.39 Å². The highest BCUT2D eigenvalue weighted by Crippen LogP contribution is 2.28. The number of aromatic nitrogens is 1. The van der Waals surface area contributed by atoms with E-state index in [1.807, 2.05) is 0 Å². The minimum absolute atomic E-state index is 0.0230. The number of aliphatic hydroxyl groups is 1. The van der Waals surface area contributed by atoms with Crippen LogP contribution >= 0.6 is 22.9 Å². The summed E-state index contributed by atoms with van der Waals surface area (Å²) in [7, 11) is 0. The van der Waals surface area contributed by atoms with Gasteiger partial charge in [0.2, 0.25) is 0 Å². The van der Waals surface area contributed by atoms with Crippen molar-refractivity contribution in [3.05, 3.63) is 28.0 Å². The minimum Gasteiger partial charge on any atom is -0.396 e. The lowest BCUT2D eigenvalue weighted by Gasteiger charge is -1.92. The molecule has 2 nitrogen and oxygen atoms in total. The number of rotatable bonds is 2. The second-order valence-electron chi connectivity index (χ2n) is 2.79. The van der Waals surface area contributed by atoms with Crippen molar-refractivity contribution in [3.8, 4) is 0 Å². The van der Waals surface area contributed by atoms with Gasteiger partial charge in [0.1, 0.15) is 5.52 Å². The van der Waals surface area contributed by atoms with Crippen molar-refractivity contribution in [1.82, 2.24) is 4.98 Å². The molecule has 0 bridgehead atoms. The summed E-state index contributed by atoms with van der Waals surface area (Å²) < 4.78 is 14.2. The van der Waals surface area contributed by atoms with Crippen LogP contribution in [0, 0.1) is 5.82 Å². The molecule has 0 radical (unpaired) electrons. The van der Waals surface area contributed by atoms with E-state index in [0.717, 1.165) is 9.71 Å². The maximum atomic E-state index is 13.4. The lowest BCUT2D eigenvalue weighted by Crippen LogP contribution is -1.88. The highest BCUT2D eigenvalue weighted by molar-refractivity contribution is 7.18. The topological polar surface area (TPSA) is 33.1 Å². The van der Waals surface area contributed by atoms with Crippen molar-refractivity contribution < 1.29 is 9.50 Å². The van der Waals surface area contributed by atoms with Gasteiger partial charge in [-0.15, -0.1) is 11.3 Å². The zero-order valence-corrected chi connectivity index (χ0v) is 8.70. The van der Waals surface area contributed by atoms with Crippen molar-refractivity contribution in [2.45, 2.75) is 6.42 Å². The minimum atomic E-state index is -0.482. The number of halogens is 2. The smallest absolute Gasteiger partial charge is 0.168 e. The Morgan fingerprint density at radius 3 is 3.00 bits per heavy atom. The molecule has 0 aliphatic heterocycles. The Morgan fingerprint density at radius 2 is 2.29 bits per heavy atom. The maximum absolute atomic E-state index is 13.4. The van der Waals surface area contributed by atoms with Gasteiger partial charge in [0.25, 0.3) is 0 Å². The molecule has 0 saturated heterocycles. The Kier molecular flexibility index (Phi) is 2.67. The van der Waals surface area contributed by atoms with Crippen LogP contribution in [-0.2, 0) is 6.42 Å². The number of nitrogens with zero attached hydrogens (tertiary/aromatic N) is 1. The summed E-state index contributed by atoms with van der Waals surface area (Å²) in [5.74, 6) is -0.482. The van der Waals surface area contributed by atoms with Crippen molar-refractivity contribution in [3.63, 3.8) is 0 Å². The van der Waals surface area contributed by atoms with E-state index >= 15 is 0 Å². The molecule has 1 aromatic heterocycles. The molecule has 0 saturated carbocycles. The molecule has 0 aliphatic carbocycles. The molecule has 14 heavy (non-hydrogen) atoms. The first-order valence-electron chi connectivity index (χ1n) is 4.06. The molecule has 0 aliphatic rings. The molecule has 2 rings (SSSR count). The van der Waals surface area contributed by atoms with Crippen LogP contribution in [0.2, 0.25) is 5.02 Å². The highest BCUT2D eigenvalue weighted by atomic mass is 35.5. The van der Waals surface area contributed by atoms with Crippen LogP contribution in [0.15, 0.2) is 12.1 Å². The molecule has 0 amide bonds. The molecule has 1 heterocycles. The molecule has 1 N–H and O–H groups in total. The summed E-state index contributed by atoms with van der Waals surface area (Å²) in [6.07, 6.45) is 0.455. The largest absolute Gasteiger partial charge is 0.396 e. The standard InChI is InChI=1S/C9H7ClFNOS/c10-5-1-2-6-9(8(5)11)12-7(14-6)3-4-13/h1-2,13H,3-4H2. The average molecular weight is 232 g/mol. The third-order valence-electron chi connectivity index (χ3n) is 1.82. The molecule has 5 heteroatoms. The van der Waals surface area contributed by atoms with Gasteiger partial charge in [0.05, 0.1) is 14.7 Å². The summed E-state index contributed by atoms with van der Waals surface area (Å²) in [5.41, 5.74) is 0.297. The van der Waals surface area contributed by atoms with Crippen LogP contribution in [0.5, 0.6) is 0 Å². The fourth-order valence-electron chi connectivity index (χ4n) is 1.19. The van der Waals surface area contributed by atoms with Crippen LogP contribution in [-0.4, -0.2) is 16.7 Å².